The Morgan fingerprint density at radius 1 is 1.30 bits per heavy atom. The molecular weight excluding hydrogens is 364 g/mol. The van der Waals surface area contributed by atoms with Crippen molar-refractivity contribution >= 4 is 23.2 Å². The van der Waals surface area contributed by atoms with Crippen LogP contribution in [-0.4, -0.2) is 70.3 Å². The largest absolute Gasteiger partial charge is 0.459 e. The first kappa shape index (κ1) is 18.2. The third-order valence-corrected chi connectivity index (χ3v) is 6.57. The number of piperazine rings is 1. The van der Waals surface area contributed by atoms with E-state index in [0.29, 0.717) is 44.8 Å². The van der Waals surface area contributed by atoms with Crippen molar-refractivity contribution in [2.24, 2.45) is 0 Å². The summed E-state index contributed by atoms with van der Waals surface area (Å²) in [5.41, 5.74) is 0.430. The van der Waals surface area contributed by atoms with E-state index >= 15 is 0 Å². The number of aryl methyl sites for hydroxylation is 1. The van der Waals surface area contributed by atoms with Crippen LogP contribution in [0.5, 0.6) is 0 Å². The lowest BCUT2D eigenvalue weighted by Gasteiger charge is -2.51. The highest BCUT2D eigenvalue weighted by molar-refractivity contribution is 7.09. The minimum absolute atomic E-state index is 0.101. The van der Waals surface area contributed by atoms with E-state index in [4.69, 9.17) is 4.42 Å². The smallest absolute Gasteiger partial charge is 0.289 e. The van der Waals surface area contributed by atoms with Gasteiger partial charge in [-0.05, 0) is 38.9 Å². The molecule has 2 aliphatic rings. The average Bonchev–Trinajstić information content (AvgIpc) is 3.34. The molecule has 7 nitrogen and oxygen atoms in total. The van der Waals surface area contributed by atoms with Crippen LogP contribution in [-0.2, 0) is 11.3 Å². The summed E-state index contributed by atoms with van der Waals surface area (Å²) in [6.07, 6.45) is 2.79. The zero-order chi connectivity index (χ0) is 19.0. The van der Waals surface area contributed by atoms with Crippen LogP contribution in [0.1, 0.15) is 34.1 Å². The van der Waals surface area contributed by atoms with E-state index in [1.807, 2.05) is 24.3 Å². The fourth-order valence-corrected chi connectivity index (χ4v) is 4.71. The van der Waals surface area contributed by atoms with Gasteiger partial charge in [-0.3, -0.25) is 14.5 Å². The first-order chi connectivity index (χ1) is 13.0. The molecule has 27 heavy (non-hydrogen) atoms. The van der Waals surface area contributed by atoms with Gasteiger partial charge in [0.05, 0.1) is 23.5 Å². The van der Waals surface area contributed by atoms with E-state index < -0.39 is 5.54 Å². The first-order valence-electron chi connectivity index (χ1n) is 9.24. The summed E-state index contributed by atoms with van der Waals surface area (Å²) in [4.78, 5) is 36.3. The van der Waals surface area contributed by atoms with E-state index in [2.05, 4.69) is 9.88 Å². The molecular formula is C19H24N4O3S. The Kier molecular flexibility index (Phi) is 4.77. The van der Waals surface area contributed by atoms with Crippen LogP contribution >= 0.6 is 11.3 Å². The minimum Gasteiger partial charge on any atom is -0.459 e. The van der Waals surface area contributed by atoms with Crippen LogP contribution < -0.4 is 0 Å². The molecule has 2 fully saturated rings. The second-order valence-electron chi connectivity index (χ2n) is 7.31. The Bertz CT molecular complexity index is 824. The summed E-state index contributed by atoms with van der Waals surface area (Å²) >= 11 is 1.61. The molecule has 0 atom stereocenters. The molecule has 0 aliphatic carbocycles. The molecule has 144 valence electrons. The molecule has 0 N–H and O–H groups in total. The number of likely N-dealkylation sites (N-methyl/N-ethyl adjacent to an activating group) is 1. The van der Waals surface area contributed by atoms with Crippen LogP contribution in [0.4, 0.5) is 0 Å². The number of furan rings is 1. The van der Waals surface area contributed by atoms with E-state index in [-0.39, 0.29) is 11.8 Å². The monoisotopic (exact) mass is 388 g/mol. The maximum absolute atomic E-state index is 13.4. The van der Waals surface area contributed by atoms with Crippen LogP contribution in [0.3, 0.4) is 0 Å². The maximum Gasteiger partial charge on any atom is 0.289 e. The molecule has 2 aliphatic heterocycles. The normalized spacial score (nSPS) is 20.4. The van der Waals surface area contributed by atoms with Gasteiger partial charge in [-0.25, -0.2) is 4.98 Å². The summed E-state index contributed by atoms with van der Waals surface area (Å²) in [6.45, 7) is 5.20. The molecule has 2 saturated heterocycles. The Balaban J connectivity index is 1.46. The Hall–Kier alpha value is -2.19. The standard InChI is InChI=1S/C19H24N4O3S/c1-14-20-15(13-27-14)12-23-10-9-21(2)19(18(23)25)5-7-22(8-6-19)17(24)16-4-3-11-26-16/h3-4,11,13H,5-10,12H2,1-2H3. The lowest BCUT2D eigenvalue weighted by Crippen LogP contribution is -2.67. The second-order valence-corrected chi connectivity index (χ2v) is 8.37. The van der Waals surface area contributed by atoms with Crippen molar-refractivity contribution < 1.29 is 14.0 Å². The number of carbonyl (C=O) groups is 2. The molecule has 0 saturated carbocycles. The van der Waals surface area contributed by atoms with Gasteiger partial charge in [-0.2, -0.15) is 0 Å². The summed E-state index contributed by atoms with van der Waals surface area (Å²) < 4.78 is 5.23. The third-order valence-electron chi connectivity index (χ3n) is 5.75. The molecule has 2 aromatic heterocycles. The molecule has 2 aromatic rings. The van der Waals surface area contributed by atoms with Crippen molar-refractivity contribution in [1.82, 2.24) is 19.7 Å². The summed E-state index contributed by atoms with van der Waals surface area (Å²) in [5.74, 6) is 0.414. The lowest BCUT2D eigenvalue weighted by atomic mass is 9.82. The topological polar surface area (TPSA) is 69.9 Å². The average molecular weight is 388 g/mol. The highest BCUT2D eigenvalue weighted by Crippen LogP contribution is 2.34. The molecule has 2 amide bonds. The van der Waals surface area contributed by atoms with Gasteiger partial charge in [0.2, 0.25) is 5.91 Å². The van der Waals surface area contributed by atoms with E-state index in [1.54, 1.807) is 28.4 Å². The van der Waals surface area contributed by atoms with Gasteiger partial charge in [-0.15, -0.1) is 11.3 Å². The Labute approximate surface area is 162 Å². The van der Waals surface area contributed by atoms with Crippen molar-refractivity contribution in [2.75, 3.05) is 33.2 Å². The number of hydrogen-bond donors (Lipinski definition) is 0. The number of aromatic nitrogens is 1. The van der Waals surface area contributed by atoms with Gasteiger partial charge in [0.1, 0.15) is 5.54 Å². The third kappa shape index (κ3) is 3.27. The summed E-state index contributed by atoms with van der Waals surface area (Å²) in [7, 11) is 2.02. The van der Waals surface area contributed by atoms with E-state index in [0.717, 1.165) is 17.2 Å². The van der Waals surface area contributed by atoms with Crippen LogP contribution in [0.25, 0.3) is 0 Å². The first-order valence-corrected chi connectivity index (χ1v) is 10.1. The Morgan fingerprint density at radius 2 is 2.07 bits per heavy atom. The molecule has 0 radical (unpaired) electrons. The number of piperidine rings is 1. The minimum atomic E-state index is -0.525. The number of rotatable bonds is 3. The molecule has 0 bridgehead atoms. The predicted molar refractivity (Wildman–Crippen MR) is 101 cm³/mol. The zero-order valence-electron chi connectivity index (χ0n) is 15.7. The lowest BCUT2D eigenvalue weighted by molar-refractivity contribution is -0.154. The molecule has 8 heteroatoms. The fraction of sp³-hybridized carbons (Fsp3) is 0.526. The van der Waals surface area contributed by atoms with Gasteiger partial charge in [0.15, 0.2) is 5.76 Å². The van der Waals surface area contributed by atoms with Gasteiger partial charge in [0, 0.05) is 31.6 Å². The van der Waals surface area contributed by atoms with Crippen LogP contribution in [0.2, 0.25) is 0 Å². The fourth-order valence-electron chi connectivity index (χ4n) is 4.10. The van der Waals surface area contributed by atoms with Gasteiger partial charge in [0.25, 0.3) is 5.91 Å². The summed E-state index contributed by atoms with van der Waals surface area (Å²) in [6, 6.07) is 3.40. The highest BCUT2D eigenvalue weighted by Gasteiger charge is 2.49. The number of nitrogens with zero attached hydrogens (tertiary/aromatic N) is 4. The van der Waals surface area contributed by atoms with Crippen LogP contribution in [0, 0.1) is 6.92 Å². The molecule has 1 spiro atoms. The molecule has 0 aromatic carbocycles. The van der Waals surface area contributed by atoms with Gasteiger partial charge in [-0.1, -0.05) is 0 Å². The van der Waals surface area contributed by atoms with Gasteiger partial charge >= 0.3 is 0 Å². The number of hydrogen-bond acceptors (Lipinski definition) is 6. The molecule has 0 unspecified atom stereocenters. The Morgan fingerprint density at radius 3 is 2.70 bits per heavy atom. The number of carbonyl (C=O) groups excluding carboxylic acids is 2. The van der Waals surface area contributed by atoms with Crippen molar-refractivity contribution in [1.29, 1.82) is 0 Å². The van der Waals surface area contributed by atoms with E-state index in [1.165, 1.54) is 6.26 Å². The number of likely N-dealkylation sites (tertiary alicyclic amines) is 1. The van der Waals surface area contributed by atoms with Gasteiger partial charge < -0.3 is 14.2 Å². The van der Waals surface area contributed by atoms with Crippen molar-refractivity contribution in [3.63, 3.8) is 0 Å². The number of amides is 2. The maximum atomic E-state index is 13.4. The molecule has 4 heterocycles. The SMILES string of the molecule is Cc1nc(CN2CCN(C)C3(CCN(C(=O)c4ccco4)CC3)C2=O)cs1. The highest BCUT2D eigenvalue weighted by atomic mass is 32.1. The predicted octanol–water partition coefficient (Wildman–Crippen LogP) is 1.99. The zero-order valence-corrected chi connectivity index (χ0v) is 16.5. The van der Waals surface area contributed by atoms with Crippen molar-refractivity contribution in [2.45, 2.75) is 31.8 Å². The second kappa shape index (κ2) is 7.09. The van der Waals surface area contributed by atoms with E-state index in [9.17, 15) is 9.59 Å². The summed E-state index contributed by atoms with van der Waals surface area (Å²) in [5, 5.41) is 3.05. The quantitative estimate of drug-likeness (QED) is 0.804. The van der Waals surface area contributed by atoms with Crippen LogP contribution in [0.15, 0.2) is 28.2 Å². The molecule has 4 rings (SSSR count). The van der Waals surface area contributed by atoms with Crippen molar-refractivity contribution in [3.8, 4) is 0 Å². The number of thiazole rings is 1. The van der Waals surface area contributed by atoms with Crippen molar-refractivity contribution in [3.05, 3.63) is 40.2 Å².